The Hall–Kier alpha value is -3.97. The second-order valence-electron chi connectivity index (χ2n) is 8.94. The topological polar surface area (TPSA) is 81.3 Å². The van der Waals surface area contributed by atoms with Gasteiger partial charge >= 0.3 is 0 Å². The lowest BCUT2D eigenvalue weighted by Crippen LogP contribution is -2.46. The summed E-state index contributed by atoms with van der Waals surface area (Å²) in [6.07, 6.45) is 1.81. The number of aromatic amines is 1. The second-order valence-corrected chi connectivity index (χ2v) is 8.94. The van der Waals surface area contributed by atoms with Crippen molar-refractivity contribution in [1.29, 1.82) is 0 Å². The Kier molecular flexibility index (Phi) is 6.59. The number of hydrogen-bond donors (Lipinski definition) is 2. The fraction of sp³-hybridized carbons (Fsp3) is 0.250. The van der Waals surface area contributed by atoms with Crippen molar-refractivity contribution >= 4 is 22.5 Å². The predicted octanol–water partition coefficient (Wildman–Crippen LogP) is 3.74. The molecule has 1 fully saturated rings. The molecule has 1 unspecified atom stereocenters. The SMILES string of the molecule is CC(NC(=O)c1ccc(CN2CCN(c3ccccn3)CC2)[nH]c1=O)c1cccc2ccccc12. The molecule has 3 heterocycles. The zero-order valence-electron chi connectivity index (χ0n) is 19.8. The number of carbonyl (C=O) groups is 1. The van der Waals surface area contributed by atoms with E-state index in [0.717, 1.165) is 54.0 Å². The molecule has 1 amide bonds. The first-order chi connectivity index (χ1) is 17.1. The van der Waals surface area contributed by atoms with Gasteiger partial charge in [0, 0.05) is 44.6 Å². The first-order valence-electron chi connectivity index (χ1n) is 12.0. The molecule has 0 saturated carbocycles. The third-order valence-corrected chi connectivity index (χ3v) is 6.59. The van der Waals surface area contributed by atoms with Crippen LogP contribution in [0.2, 0.25) is 0 Å². The molecule has 1 atom stereocenters. The van der Waals surface area contributed by atoms with E-state index in [9.17, 15) is 9.59 Å². The Morgan fingerprint density at radius 3 is 2.51 bits per heavy atom. The number of nitrogens with one attached hydrogen (secondary N) is 2. The van der Waals surface area contributed by atoms with Crippen molar-refractivity contribution in [2.75, 3.05) is 31.1 Å². The maximum Gasteiger partial charge on any atom is 0.261 e. The largest absolute Gasteiger partial charge is 0.354 e. The summed E-state index contributed by atoms with van der Waals surface area (Å²) in [5, 5.41) is 5.20. The minimum Gasteiger partial charge on any atom is -0.354 e. The molecule has 0 bridgehead atoms. The predicted molar refractivity (Wildman–Crippen MR) is 139 cm³/mol. The first kappa shape index (κ1) is 22.8. The zero-order chi connectivity index (χ0) is 24.2. The summed E-state index contributed by atoms with van der Waals surface area (Å²) in [4.78, 5) is 37.5. The van der Waals surface area contributed by atoms with Crippen LogP contribution in [0.15, 0.2) is 83.8 Å². The number of H-pyrrole nitrogens is 1. The number of anilines is 1. The van der Waals surface area contributed by atoms with E-state index in [0.29, 0.717) is 6.54 Å². The van der Waals surface area contributed by atoms with Crippen LogP contribution < -0.4 is 15.8 Å². The summed E-state index contributed by atoms with van der Waals surface area (Å²) in [6, 6.07) is 23.3. The van der Waals surface area contributed by atoms with Crippen LogP contribution in [-0.2, 0) is 6.54 Å². The molecule has 5 rings (SSSR count). The number of amides is 1. The second kappa shape index (κ2) is 10.1. The number of carbonyl (C=O) groups excluding carboxylic acids is 1. The molecule has 2 aromatic carbocycles. The molecule has 7 heteroatoms. The number of pyridine rings is 2. The quantitative estimate of drug-likeness (QED) is 0.452. The molecule has 4 aromatic rings. The minimum absolute atomic E-state index is 0.126. The van der Waals surface area contributed by atoms with Crippen LogP contribution >= 0.6 is 0 Å². The summed E-state index contributed by atoms with van der Waals surface area (Å²) in [6.45, 7) is 6.10. The molecule has 178 valence electrons. The van der Waals surface area contributed by atoms with Gasteiger partial charge in [-0.15, -0.1) is 0 Å². The lowest BCUT2D eigenvalue weighted by Gasteiger charge is -2.35. The molecule has 1 aliphatic rings. The summed E-state index contributed by atoms with van der Waals surface area (Å²) in [5.74, 6) is 0.621. The van der Waals surface area contributed by atoms with E-state index in [1.165, 1.54) is 0 Å². The molecule has 1 aliphatic heterocycles. The van der Waals surface area contributed by atoms with Gasteiger partial charge in [-0.3, -0.25) is 14.5 Å². The number of rotatable bonds is 6. The average Bonchev–Trinajstić information content (AvgIpc) is 2.89. The third kappa shape index (κ3) is 5.10. The van der Waals surface area contributed by atoms with Crippen LogP contribution in [0.25, 0.3) is 10.8 Å². The van der Waals surface area contributed by atoms with Gasteiger partial charge in [0.15, 0.2) is 0 Å². The number of aromatic nitrogens is 2. The summed E-state index contributed by atoms with van der Waals surface area (Å²) >= 11 is 0. The number of hydrogen-bond acceptors (Lipinski definition) is 5. The maximum atomic E-state index is 12.9. The summed E-state index contributed by atoms with van der Waals surface area (Å²) < 4.78 is 0. The maximum absolute atomic E-state index is 12.9. The van der Waals surface area contributed by atoms with Gasteiger partial charge in [-0.1, -0.05) is 48.5 Å². The Morgan fingerprint density at radius 1 is 0.971 bits per heavy atom. The van der Waals surface area contributed by atoms with Crippen LogP contribution in [0.4, 0.5) is 5.82 Å². The Balaban J connectivity index is 1.21. The van der Waals surface area contributed by atoms with E-state index in [2.05, 4.69) is 37.2 Å². The van der Waals surface area contributed by atoms with Crippen LogP contribution in [0.5, 0.6) is 0 Å². The molecule has 0 spiro atoms. The summed E-state index contributed by atoms with van der Waals surface area (Å²) in [7, 11) is 0. The third-order valence-electron chi connectivity index (χ3n) is 6.59. The van der Waals surface area contributed by atoms with E-state index in [4.69, 9.17) is 0 Å². The number of nitrogens with zero attached hydrogens (tertiary/aromatic N) is 3. The molecule has 2 aromatic heterocycles. The van der Waals surface area contributed by atoms with Gasteiger partial charge in [-0.2, -0.15) is 0 Å². The Labute approximate surface area is 204 Å². The summed E-state index contributed by atoms with van der Waals surface area (Å²) in [5.41, 5.74) is 1.59. The van der Waals surface area contributed by atoms with E-state index in [-0.39, 0.29) is 23.1 Å². The molecule has 7 nitrogen and oxygen atoms in total. The minimum atomic E-state index is -0.373. The van der Waals surface area contributed by atoms with Crippen molar-refractivity contribution in [1.82, 2.24) is 20.2 Å². The van der Waals surface area contributed by atoms with Gasteiger partial charge in [-0.05, 0) is 47.5 Å². The highest BCUT2D eigenvalue weighted by Crippen LogP contribution is 2.24. The standard InChI is InChI=1S/C28H29N5O2/c1-20(23-10-6-8-21-7-2-3-9-24(21)23)30-27(34)25-13-12-22(31-28(25)35)19-32-15-17-33(18-16-32)26-11-4-5-14-29-26/h2-14,20H,15-19H2,1H3,(H,30,34)(H,31,35). The van der Waals surface area contributed by atoms with Crippen LogP contribution in [0.3, 0.4) is 0 Å². The molecule has 2 N–H and O–H groups in total. The molecule has 0 aliphatic carbocycles. The monoisotopic (exact) mass is 467 g/mol. The molecular formula is C28H29N5O2. The number of benzene rings is 2. The van der Waals surface area contributed by atoms with Gasteiger partial charge in [0.25, 0.3) is 11.5 Å². The van der Waals surface area contributed by atoms with E-state index < -0.39 is 0 Å². The molecule has 0 radical (unpaired) electrons. The van der Waals surface area contributed by atoms with E-state index in [1.54, 1.807) is 6.07 Å². The number of fused-ring (bicyclic) bond motifs is 1. The van der Waals surface area contributed by atoms with Crippen LogP contribution in [-0.4, -0.2) is 47.0 Å². The Morgan fingerprint density at radius 2 is 1.74 bits per heavy atom. The van der Waals surface area contributed by atoms with Gasteiger partial charge < -0.3 is 15.2 Å². The van der Waals surface area contributed by atoms with Crippen molar-refractivity contribution < 1.29 is 4.79 Å². The van der Waals surface area contributed by atoms with Crippen molar-refractivity contribution in [3.63, 3.8) is 0 Å². The highest BCUT2D eigenvalue weighted by atomic mass is 16.2. The van der Waals surface area contributed by atoms with Gasteiger partial charge in [-0.25, -0.2) is 4.98 Å². The van der Waals surface area contributed by atoms with Gasteiger partial charge in [0.05, 0.1) is 6.04 Å². The van der Waals surface area contributed by atoms with Crippen molar-refractivity contribution in [2.24, 2.45) is 0 Å². The zero-order valence-corrected chi connectivity index (χ0v) is 19.8. The number of piperazine rings is 1. The van der Waals surface area contributed by atoms with E-state index >= 15 is 0 Å². The first-order valence-corrected chi connectivity index (χ1v) is 12.0. The fourth-order valence-electron chi connectivity index (χ4n) is 4.68. The van der Waals surface area contributed by atoms with Gasteiger partial charge in [0.1, 0.15) is 11.4 Å². The van der Waals surface area contributed by atoms with Crippen molar-refractivity contribution in [3.05, 3.63) is 106 Å². The van der Waals surface area contributed by atoms with Crippen molar-refractivity contribution in [3.8, 4) is 0 Å². The molecular weight excluding hydrogens is 438 g/mol. The Bertz CT molecular complexity index is 1370. The highest BCUT2D eigenvalue weighted by Gasteiger charge is 2.20. The fourth-order valence-corrected chi connectivity index (χ4v) is 4.68. The van der Waals surface area contributed by atoms with Crippen LogP contribution in [0, 0.1) is 0 Å². The highest BCUT2D eigenvalue weighted by molar-refractivity contribution is 5.94. The average molecular weight is 468 g/mol. The van der Waals surface area contributed by atoms with Crippen molar-refractivity contribution in [2.45, 2.75) is 19.5 Å². The normalized spacial score (nSPS) is 15.2. The molecule has 35 heavy (non-hydrogen) atoms. The smallest absolute Gasteiger partial charge is 0.261 e. The lowest BCUT2D eigenvalue weighted by molar-refractivity contribution is 0.0938. The van der Waals surface area contributed by atoms with Crippen LogP contribution in [0.1, 0.15) is 34.6 Å². The van der Waals surface area contributed by atoms with Gasteiger partial charge in [0.2, 0.25) is 0 Å². The lowest BCUT2D eigenvalue weighted by atomic mass is 9.99. The van der Waals surface area contributed by atoms with E-state index in [1.807, 2.05) is 67.7 Å². The molecule has 1 saturated heterocycles.